The molecule has 2 rings (SSSR count). The van der Waals surface area contributed by atoms with Crippen molar-refractivity contribution in [3.63, 3.8) is 0 Å². The van der Waals surface area contributed by atoms with Crippen LogP contribution in [0.4, 0.5) is 5.69 Å². The van der Waals surface area contributed by atoms with E-state index in [0.29, 0.717) is 31.9 Å². The van der Waals surface area contributed by atoms with Crippen molar-refractivity contribution in [1.82, 2.24) is 9.80 Å². The second kappa shape index (κ2) is 9.48. The van der Waals surface area contributed by atoms with Crippen LogP contribution in [0.25, 0.3) is 0 Å². The molecule has 132 valence electrons. The van der Waals surface area contributed by atoms with Gasteiger partial charge in [-0.05, 0) is 30.5 Å². The summed E-state index contributed by atoms with van der Waals surface area (Å²) in [6.45, 7) is 4.58. The van der Waals surface area contributed by atoms with E-state index in [-0.39, 0.29) is 5.57 Å². The van der Waals surface area contributed by atoms with Crippen molar-refractivity contribution in [2.24, 2.45) is 0 Å². The standard InChI is InChI=1S/C19H24N4O2/c1-2-3-4-16-5-7-18(8-6-16)21-19(25)17(13-20)14-22-9-11-23(15-24)12-10-22/h5-8,14-15H,2-4,9-12H2,1H3,(H,21,25)/b17-14-. The highest BCUT2D eigenvalue weighted by atomic mass is 16.1. The topological polar surface area (TPSA) is 76.4 Å². The fourth-order valence-corrected chi connectivity index (χ4v) is 2.63. The third kappa shape index (κ3) is 5.64. The molecule has 1 saturated heterocycles. The van der Waals surface area contributed by atoms with Crippen molar-refractivity contribution in [1.29, 1.82) is 5.26 Å². The van der Waals surface area contributed by atoms with Crippen LogP contribution < -0.4 is 5.32 Å². The fourth-order valence-electron chi connectivity index (χ4n) is 2.63. The molecule has 0 unspecified atom stereocenters. The molecular weight excluding hydrogens is 316 g/mol. The lowest BCUT2D eigenvalue weighted by Crippen LogP contribution is -2.43. The van der Waals surface area contributed by atoms with Crippen LogP contribution in [-0.2, 0) is 16.0 Å². The molecule has 0 bridgehead atoms. The predicted molar refractivity (Wildman–Crippen MR) is 96.6 cm³/mol. The normalized spacial score (nSPS) is 14.8. The Morgan fingerprint density at radius 2 is 1.84 bits per heavy atom. The van der Waals surface area contributed by atoms with Crippen LogP contribution >= 0.6 is 0 Å². The molecule has 1 aliphatic heterocycles. The molecule has 0 aliphatic carbocycles. The van der Waals surface area contributed by atoms with E-state index < -0.39 is 5.91 Å². The number of unbranched alkanes of at least 4 members (excludes halogenated alkanes) is 1. The number of carbonyl (C=O) groups excluding carboxylic acids is 2. The number of aryl methyl sites for hydroxylation is 1. The molecule has 1 heterocycles. The summed E-state index contributed by atoms with van der Waals surface area (Å²) in [5.41, 5.74) is 1.98. The Bertz CT molecular complexity index is 653. The first-order valence-corrected chi connectivity index (χ1v) is 8.62. The molecule has 1 aromatic carbocycles. The van der Waals surface area contributed by atoms with Gasteiger partial charge in [0, 0.05) is 38.1 Å². The molecule has 0 radical (unpaired) electrons. The Morgan fingerprint density at radius 1 is 1.20 bits per heavy atom. The van der Waals surface area contributed by atoms with Crippen molar-refractivity contribution in [3.8, 4) is 6.07 Å². The number of nitrogens with one attached hydrogen (secondary N) is 1. The van der Waals surface area contributed by atoms with Gasteiger partial charge in [0.1, 0.15) is 11.6 Å². The highest BCUT2D eigenvalue weighted by molar-refractivity contribution is 6.06. The highest BCUT2D eigenvalue weighted by Gasteiger charge is 2.16. The molecule has 1 aliphatic rings. The minimum Gasteiger partial charge on any atom is -0.373 e. The van der Waals surface area contributed by atoms with E-state index in [1.54, 1.807) is 11.1 Å². The summed E-state index contributed by atoms with van der Waals surface area (Å²) in [6.07, 6.45) is 5.72. The van der Waals surface area contributed by atoms with Crippen LogP contribution in [0.2, 0.25) is 0 Å². The average Bonchev–Trinajstić information content (AvgIpc) is 2.66. The summed E-state index contributed by atoms with van der Waals surface area (Å²) in [5, 5.41) is 12.0. The van der Waals surface area contributed by atoms with Gasteiger partial charge in [-0.2, -0.15) is 5.26 Å². The minimum atomic E-state index is -0.415. The lowest BCUT2D eigenvalue weighted by Gasteiger charge is -2.31. The van der Waals surface area contributed by atoms with E-state index in [4.69, 9.17) is 0 Å². The van der Waals surface area contributed by atoms with Gasteiger partial charge in [0.2, 0.25) is 6.41 Å². The SMILES string of the molecule is CCCCc1ccc(NC(=O)/C(C#N)=C\N2CCN(C=O)CC2)cc1. The lowest BCUT2D eigenvalue weighted by atomic mass is 10.1. The number of nitriles is 1. The Labute approximate surface area is 148 Å². The minimum absolute atomic E-state index is 0.0645. The number of nitrogens with zero attached hydrogens (tertiary/aromatic N) is 3. The van der Waals surface area contributed by atoms with Crippen LogP contribution in [-0.4, -0.2) is 48.3 Å². The van der Waals surface area contributed by atoms with E-state index in [1.165, 1.54) is 5.56 Å². The van der Waals surface area contributed by atoms with Gasteiger partial charge < -0.3 is 15.1 Å². The summed E-state index contributed by atoms with van der Waals surface area (Å²) in [6, 6.07) is 9.68. The number of amides is 2. The van der Waals surface area contributed by atoms with Crippen molar-refractivity contribution >= 4 is 18.0 Å². The van der Waals surface area contributed by atoms with Crippen LogP contribution in [0.15, 0.2) is 36.0 Å². The van der Waals surface area contributed by atoms with Gasteiger partial charge in [-0.25, -0.2) is 0 Å². The number of rotatable bonds is 7. The highest BCUT2D eigenvalue weighted by Crippen LogP contribution is 2.13. The molecule has 1 N–H and O–H groups in total. The van der Waals surface area contributed by atoms with Gasteiger partial charge in [0.05, 0.1) is 0 Å². The van der Waals surface area contributed by atoms with Gasteiger partial charge in [0.15, 0.2) is 0 Å². The first-order valence-electron chi connectivity index (χ1n) is 8.62. The third-order valence-corrected chi connectivity index (χ3v) is 4.21. The van der Waals surface area contributed by atoms with Gasteiger partial charge >= 0.3 is 0 Å². The number of carbonyl (C=O) groups is 2. The second-order valence-electron chi connectivity index (χ2n) is 6.09. The van der Waals surface area contributed by atoms with E-state index in [0.717, 1.165) is 25.7 Å². The van der Waals surface area contributed by atoms with Crippen LogP contribution in [0.3, 0.4) is 0 Å². The van der Waals surface area contributed by atoms with Gasteiger partial charge in [-0.15, -0.1) is 0 Å². The zero-order valence-corrected chi connectivity index (χ0v) is 14.6. The average molecular weight is 340 g/mol. The van der Waals surface area contributed by atoms with Gasteiger partial charge in [-0.3, -0.25) is 9.59 Å². The van der Waals surface area contributed by atoms with Crippen molar-refractivity contribution in [3.05, 3.63) is 41.6 Å². The first kappa shape index (κ1) is 18.5. The summed E-state index contributed by atoms with van der Waals surface area (Å²) < 4.78 is 0. The largest absolute Gasteiger partial charge is 0.373 e. The van der Waals surface area contributed by atoms with Crippen molar-refractivity contribution in [2.75, 3.05) is 31.5 Å². The van der Waals surface area contributed by atoms with E-state index in [2.05, 4.69) is 12.2 Å². The molecule has 0 spiro atoms. The number of hydrogen-bond acceptors (Lipinski definition) is 4. The number of piperazine rings is 1. The molecule has 0 atom stereocenters. The smallest absolute Gasteiger partial charge is 0.267 e. The maximum absolute atomic E-state index is 12.3. The Kier molecular flexibility index (Phi) is 7.02. The summed E-state index contributed by atoms with van der Waals surface area (Å²) in [7, 11) is 0. The predicted octanol–water partition coefficient (Wildman–Crippen LogP) is 2.15. The number of benzene rings is 1. The monoisotopic (exact) mass is 340 g/mol. The summed E-state index contributed by atoms with van der Waals surface area (Å²) in [5.74, 6) is -0.415. The number of anilines is 1. The van der Waals surface area contributed by atoms with Crippen LogP contribution in [0.5, 0.6) is 0 Å². The lowest BCUT2D eigenvalue weighted by molar-refractivity contribution is -0.119. The van der Waals surface area contributed by atoms with E-state index >= 15 is 0 Å². The van der Waals surface area contributed by atoms with E-state index in [1.807, 2.05) is 35.2 Å². The molecule has 0 saturated carbocycles. The number of hydrogen-bond donors (Lipinski definition) is 1. The fraction of sp³-hybridized carbons (Fsp3) is 0.421. The van der Waals surface area contributed by atoms with Crippen LogP contribution in [0.1, 0.15) is 25.3 Å². The van der Waals surface area contributed by atoms with E-state index in [9.17, 15) is 14.9 Å². The maximum atomic E-state index is 12.3. The summed E-state index contributed by atoms with van der Waals surface area (Å²) in [4.78, 5) is 26.6. The van der Waals surface area contributed by atoms with Gasteiger partial charge in [-0.1, -0.05) is 25.5 Å². The quantitative estimate of drug-likeness (QED) is 0.469. The van der Waals surface area contributed by atoms with Gasteiger partial charge in [0.25, 0.3) is 5.91 Å². The molecular formula is C19H24N4O2. The molecule has 0 aromatic heterocycles. The third-order valence-electron chi connectivity index (χ3n) is 4.21. The zero-order chi connectivity index (χ0) is 18.1. The molecule has 6 heteroatoms. The zero-order valence-electron chi connectivity index (χ0n) is 14.6. The summed E-state index contributed by atoms with van der Waals surface area (Å²) >= 11 is 0. The molecule has 25 heavy (non-hydrogen) atoms. The molecule has 6 nitrogen and oxygen atoms in total. The Hall–Kier alpha value is -2.81. The van der Waals surface area contributed by atoms with Crippen LogP contribution in [0, 0.1) is 11.3 Å². The Balaban J connectivity index is 1.94. The first-order chi connectivity index (χ1) is 12.2. The van der Waals surface area contributed by atoms with Crippen molar-refractivity contribution < 1.29 is 9.59 Å². The maximum Gasteiger partial charge on any atom is 0.267 e. The molecule has 1 fully saturated rings. The molecule has 1 aromatic rings. The molecule has 2 amide bonds. The second-order valence-corrected chi connectivity index (χ2v) is 6.09. The Morgan fingerprint density at radius 3 is 2.40 bits per heavy atom. The van der Waals surface area contributed by atoms with Crippen molar-refractivity contribution in [2.45, 2.75) is 26.2 Å².